The third-order valence-electron chi connectivity index (χ3n) is 15.0. The fraction of sp³-hybridized carbons (Fsp3) is 0.0533. The molecule has 0 bridgehead atoms. The predicted octanol–water partition coefficient (Wildman–Crippen LogP) is 17.6. The van der Waals surface area contributed by atoms with Crippen molar-refractivity contribution in [2.24, 2.45) is 0 Å². The van der Waals surface area contributed by atoms with Crippen molar-refractivity contribution in [2.75, 3.05) is 0 Å². The molecule has 0 fully saturated rings. The lowest BCUT2D eigenvalue weighted by Gasteiger charge is -2.07. The van der Waals surface area contributed by atoms with E-state index in [-0.39, 0.29) is 23.3 Å². The molecule has 4 aromatic carbocycles. The van der Waals surface area contributed by atoms with Gasteiger partial charge >= 0.3 is 0 Å². The molecule has 0 aliphatic rings. The van der Waals surface area contributed by atoms with Crippen LogP contribution in [0.25, 0.3) is 89.5 Å². The Morgan fingerprint density at radius 1 is 0.299 bits per heavy atom. The van der Waals surface area contributed by atoms with Crippen molar-refractivity contribution in [1.82, 2.24) is 74.0 Å². The summed E-state index contributed by atoms with van der Waals surface area (Å²) in [7, 11) is 0. The van der Waals surface area contributed by atoms with Crippen LogP contribution >= 0.6 is 34.0 Å². The van der Waals surface area contributed by atoms with Crippen LogP contribution in [0, 0.1) is 23.3 Å². The molecule has 0 atom stereocenters. The second-order valence-corrected chi connectivity index (χ2v) is 24.1. The average Bonchev–Trinajstić information content (AvgIpc) is 1.72. The molecule has 12 heterocycles. The van der Waals surface area contributed by atoms with Crippen molar-refractivity contribution >= 4 is 34.0 Å². The highest BCUT2D eigenvalue weighted by Gasteiger charge is 2.20. The van der Waals surface area contributed by atoms with E-state index in [1.807, 2.05) is 165 Å². The average molecular weight is 1340 g/mol. The molecule has 0 saturated heterocycles. The summed E-state index contributed by atoms with van der Waals surface area (Å²) in [6.07, 6.45) is 13.6. The Bertz CT molecular complexity index is 4730. The number of hydrogen-bond donors (Lipinski definition) is 0. The summed E-state index contributed by atoms with van der Waals surface area (Å²) in [5.74, 6) is -0.937. The molecule has 16 aromatic rings. The summed E-state index contributed by atoms with van der Waals surface area (Å²) in [6.45, 7) is 1.40. The Kier molecular flexibility index (Phi) is 20.4. The second-order valence-electron chi connectivity index (χ2n) is 21.4. The van der Waals surface area contributed by atoms with Crippen molar-refractivity contribution in [3.63, 3.8) is 0 Å². The zero-order chi connectivity index (χ0) is 66.1. The first-order valence-corrected chi connectivity index (χ1v) is 33.1. The Hall–Kier alpha value is -11.9. The zero-order valence-electron chi connectivity index (χ0n) is 51.4. The summed E-state index contributed by atoms with van der Waals surface area (Å²) < 4.78 is 63.3. The fourth-order valence-corrected chi connectivity index (χ4v) is 12.3. The van der Waals surface area contributed by atoms with E-state index in [4.69, 9.17) is 0 Å². The van der Waals surface area contributed by atoms with Gasteiger partial charge in [-0.1, -0.05) is 103 Å². The van der Waals surface area contributed by atoms with E-state index in [2.05, 4.69) is 60.7 Å². The third kappa shape index (κ3) is 15.9. The first-order chi connectivity index (χ1) is 47.7. The summed E-state index contributed by atoms with van der Waals surface area (Å²) >= 11 is 4.79. The molecule has 97 heavy (non-hydrogen) atoms. The van der Waals surface area contributed by atoms with Crippen molar-refractivity contribution < 1.29 is 17.6 Å². The Morgan fingerprint density at radius 3 is 1.08 bits per heavy atom. The van der Waals surface area contributed by atoms with Crippen molar-refractivity contribution in [3.8, 4) is 89.5 Å². The Morgan fingerprint density at radius 2 is 0.701 bits per heavy atom. The van der Waals surface area contributed by atoms with Gasteiger partial charge in [0, 0.05) is 82.0 Å². The molecule has 0 radical (unpaired) electrons. The van der Waals surface area contributed by atoms with E-state index < -0.39 is 0 Å². The molecule has 15 nitrogen and oxygen atoms in total. The van der Waals surface area contributed by atoms with E-state index in [9.17, 15) is 17.6 Å². The number of nitrogens with zero attached hydrogens (tertiary/aromatic N) is 15. The number of benzene rings is 4. The predicted molar refractivity (Wildman–Crippen MR) is 373 cm³/mol. The molecule has 476 valence electrons. The number of hydrogen-bond acceptors (Lipinski definition) is 14. The van der Waals surface area contributed by atoms with Crippen LogP contribution in [0.4, 0.5) is 17.6 Å². The van der Waals surface area contributed by atoms with Gasteiger partial charge in [-0.2, -0.15) is 31.7 Å². The minimum absolute atomic E-state index is 0.218. The first kappa shape index (κ1) is 63.9. The molecule has 0 spiro atoms. The van der Waals surface area contributed by atoms with Crippen molar-refractivity contribution in [3.05, 3.63) is 329 Å². The van der Waals surface area contributed by atoms with E-state index >= 15 is 0 Å². The molecule has 0 unspecified atom stereocenters. The lowest BCUT2D eigenvalue weighted by Crippen LogP contribution is -2.06. The van der Waals surface area contributed by atoms with E-state index in [0.29, 0.717) is 59.8 Å². The maximum absolute atomic E-state index is 14.1. The largest absolute Gasteiger partial charge is 0.261 e. The summed E-state index contributed by atoms with van der Waals surface area (Å²) in [6, 6.07) is 63.7. The van der Waals surface area contributed by atoms with Crippen LogP contribution in [-0.2, 0) is 26.2 Å². The van der Waals surface area contributed by atoms with Crippen LogP contribution in [0.5, 0.6) is 0 Å². The monoisotopic (exact) mass is 1340 g/mol. The first-order valence-electron chi connectivity index (χ1n) is 30.4. The smallest absolute Gasteiger partial charge is 0.141 e. The van der Waals surface area contributed by atoms with Crippen LogP contribution < -0.4 is 0 Å². The minimum Gasteiger partial charge on any atom is -0.261 e. The molecular weight excluding hydrogens is 1280 g/mol. The van der Waals surface area contributed by atoms with Gasteiger partial charge in [-0.25, -0.2) is 22.5 Å². The highest BCUT2D eigenvalue weighted by molar-refractivity contribution is 7.13. The standard InChI is InChI=1S/C19H14FN5.2C19H14FN3S.C18H13FN4S/c20-15-6-2-1-5-14(15)13-25-19(18-12-21-9-10-23-18)11-17(24-25)16-7-3-4-8-22-16;20-15-7-2-1-6-14(15)13-23-18(19-9-5-11-24-19)12-17(22-23)16-8-3-4-10-21-16;20-16-6-2-1-5-14(16)12-23-19(15-8-10-24-13-15)11-18(22-23)17-7-3-4-9-21-17;19-14-6-2-1-5-13(14)12-23-17(18-21-9-10-24-18)11-16(22-23)15-7-3-4-8-20-15/h1-12H,13H2;1-12H,13H2;1-11,13H,12H2;1-11H,12H2. The molecule has 0 saturated carbocycles. The molecule has 22 heteroatoms. The van der Waals surface area contributed by atoms with Gasteiger partial charge in [0.15, 0.2) is 0 Å². The van der Waals surface area contributed by atoms with Crippen LogP contribution in [0.2, 0.25) is 0 Å². The summed E-state index contributed by atoms with van der Waals surface area (Å²) in [4.78, 5) is 31.3. The number of pyridine rings is 4. The van der Waals surface area contributed by atoms with Crippen LogP contribution in [0.15, 0.2) is 283 Å². The number of thiazole rings is 1. The third-order valence-corrected chi connectivity index (χ3v) is 17.4. The quantitative estimate of drug-likeness (QED) is 0.0847. The summed E-state index contributed by atoms with van der Waals surface area (Å²) in [5.41, 5.74) is 13.8. The number of aromatic nitrogens is 15. The normalized spacial score (nSPS) is 10.8. The molecule has 0 aliphatic heterocycles. The Labute approximate surface area is 566 Å². The minimum atomic E-state index is -0.262. The highest BCUT2D eigenvalue weighted by atomic mass is 32.1. The van der Waals surface area contributed by atoms with Gasteiger partial charge in [0.25, 0.3) is 0 Å². The van der Waals surface area contributed by atoms with Gasteiger partial charge in [0.1, 0.15) is 56.7 Å². The molecule has 0 aliphatic carbocycles. The second kappa shape index (κ2) is 30.9. The van der Waals surface area contributed by atoms with Gasteiger partial charge in [-0.05, 0) is 120 Å². The van der Waals surface area contributed by atoms with Crippen LogP contribution in [0.3, 0.4) is 0 Å². The maximum atomic E-state index is 14.1. The Balaban J connectivity index is 0.000000117. The highest BCUT2D eigenvalue weighted by Crippen LogP contribution is 2.33. The molecule has 0 N–H and O–H groups in total. The van der Waals surface area contributed by atoms with Gasteiger partial charge in [0.2, 0.25) is 0 Å². The maximum Gasteiger partial charge on any atom is 0.141 e. The van der Waals surface area contributed by atoms with Crippen molar-refractivity contribution in [2.45, 2.75) is 26.2 Å². The topological polar surface area (TPSA) is 162 Å². The molecule has 0 amide bonds. The number of rotatable bonds is 16. The van der Waals surface area contributed by atoms with E-state index in [1.165, 1.54) is 35.6 Å². The van der Waals surface area contributed by atoms with Gasteiger partial charge in [-0.15, -0.1) is 22.7 Å². The number of thiophene rings is 2. The van der Waals surface area contributed by atoms with E-state index in [0.717, 1.165) is 78.1 Å². The van der Waals surface area contributed by atoms with Gasteiger partial charge < -0.3 is 0 Å². The summed E-state index contributed by atoms with van der Waals surface area (Å²) in [5, 5.41) is 27.4. The molecular formula is C75H55F4N15S3. The molecule has 16 rings (SSSR count). The fourth-order valence-electron chi connectivity index (χ4n) is 10.3. The van der Waals surface area contributed by atoms with Crippen molar-refractivity contribution in [1.29, 1.82) is 0 Å². The zero-order valence-corrected chi connectivity index (χ0v) is 53.9. The lowest BCUT2D eigenvalue weighted by atomic mass is 10.2. The van der Waals surface area contributed by atoms with Crippen LogP contribution in [-0.4, -0.2) is 74.0 Å². The van der Waals surface area contributed by atoms with Gasteiger partial charge in [-0.3, -0.25) is 48.6 Å². The lowest BCUT2D eigenvalue weighted by molar-refractivity contribution is 0.587. The van der Waals surface area contributed by atoms with Gasteiger partial charge in [0.05, 0.1) is 82.8 Å². The SMILES string of the molecule is Fc1ccccc1Cn1nc(-c2ccccn2)cc1-c1cccs1.Fc1ccccc1Cn1nc(-c2ccccn2)cc1-c1ccsc1.Fc1ccccc1Cn1nc(-c2ccccn2)cc1-c1cnccn1.Fc1ccccc1Cn1nc(-c2ccccn2)cc1-c1nccs1. The van der Waals surface area contributed by atoms with E-state index in [1.54, 1.807) is 130 Å². The van der Waals surface area contributed by atoms with Crippen LogP contribution in [0.1, 0.15) is 22.3 Å². The molecule has 12 aromatic heterocycles. The number of halogens is 4.